The summed E-state index contributed by atoms with van der Waals surface area (Å²) in [4.78, 5) is 39.5. The Bertz CT molecular complexity index is 1380. The van der Waals surface area contributed by atoms with Gasteiger partial charge in [-0.1, -0.05) is 36.4 Å². The highest BCUT2D eigenvalue weighted by atomic mass is 16.5. The molecule has 1 unspecified atom stereocenters. The highest BCUT2D eigenvalue weighted by Crippen LogP contribution is 2.20. The standard InChI is InChI=1S/C15H19N3O4.C11H12N2O2/c1-8(13(17)14(19)20)22-15(21)11(16)6-9-7-18-12-5-3-2-4-10(9)12;12-9(11(14)15)5-7-6-13-10-4-2-1-3-8(7)10/h2-5,7-8,11,13,18H,6,16-17H2,1H3,(H,19,20);1-4,6,9,13H,5,12H2,(H,14,15)/t8-,11-,13+;/m1./s1. The van der Waals surface area contributed by atoms with E-state index in [1.807, 2.05) is 54.7 Å². The van der Waals surface area contributed by atoms with Crippen LogP contribution in [0.3, 0.4) is 0 Å². The molecule has 37 heavy (non-hydrogen) atoms. The summed E-state index contributed by atoms with van der Waals surface area (Å²) in [7, 11) is 0. The Balaban J connectivity index is 0.000000220. The van der Waals surface area contributed by atoms with Gasteiger partial charge in [-0.15, -0.1) is 0 Å². The number of nitrogens with one attached hydrogen (secondary N) is 2. The summed E-state index contributed by atoms with van der Waals surface area (Å²) < 4.78 is 5.02. The number of aromatic amines is 2. The third-order valence-electron chi connectivity index (χ3n) is 5.94. The van der Waals surface area contributed by atoms with Gasteiger partial charge in [0.15, 0.2) is 0 Å². The molecule has 4 rings (SSSR count). The first-order valence-corrected chi connectivity index (χ1v) is 11.6. The van der Waals surface area contributed by atoms with Gasteiger partial charge in [0.25, 0.3) is 0 Å². The molecule has 196 valence electrons. The lowest BCUT2D eigenvalue weighted by atomic mass is 10.1. The number of benzene rings is 2. The van der Waals surface area contributed by atoms with Crippen LogP contribution in [0.2, 0.25) is 0 Å². The molecule has 2 aromatic heterocycles. The second kappa shape index (κ2) is 12.2. The van der Waals surface area contributed by atoms with Crippen molar-refractivity contribution in [3.63, 3.8) is 0 Å². The van der Waals surface area contributed by atoms with E-state index in [0.717, 1.165) is 32.9 Å². The zero-order valence-corrected chi connectivity index (χ0v) is 20.3. The van der Waals surface area contributed by atoms with Crippen LogP contribution < -0.4 is 17.2 Å². The highest BCUT2D eigenvalue weighted by Gasteiger charge is 2.26. The second-order valence-corrected chi connectivity index (χ2v) is 8.68. The van der Waals surface area contributed by atoms with Crippen LogP contribution in [0, 0.1) is 0 Å². The molecule has 0 saturated heterocycles. The average Bonchev–Trinajstić information content (AvgIpc) is 3.48. The maximum atomic E-state index is 11.9. The van der Waals surface area contributed by atoms with E-state index in [1.54, 1.807) is 6.20 Å². The summed E-state index contributed by atoms with van der Waals surface area (Å²) >= 11 is 0. The van der Waals surface area contributed by atoms with Gasteiger partial charge in [0.2, 0.25) is 0 Å². The molecule has 11 nitrogen and oxygen atoms in total. The lowest BCUT2D eigenvalue weighted by molar-refractivity contribution is -0.154. The molecule has 0 bridgehead atoms. The van der Waals surface area contributed by atoms with Crippen LogP contribution in [-0.4, -0.2) is 62.3 Å². The maximum absolute atomic E-state index is 11.9. The van der Waals surface area contributed by atoms with Crippen molar-refractivity contribution in [1.29, 1.82) is 0 Å². The van der Waals surface area contributed by atoms with Crippen LogP contribution in [0.5, 0.6) is 0 Å². The minimum atomic E-state index is -1.27. The third kappa shape index (κ3) is 6.94. The third-order valence-corrected chi connectivity index (χ3v) is 5.94. The van der Waals surface area contributed by atoms with E-state index >= 15 is 0 Å². The second-order valence-electron chi connectivity index (χ2n) is 8.68. The van der Waals surface area contributed by atoms with E-state index < -0.39 is 42.1 Å². The van der Waals surface area contributed by atoms with Crippen molar-refractivity contribution < 1.29 is 29.3 Å². The zero-order chi connectivity index (χ0) is 27.1. The minimum absolute atomic E-state index is 0.290. The Morgan fingerprint density at radius 1 is 0.784 bits per heavy atom. The van der Waals surface area contributed by atoms with E-state index in [-0.39, 0.29) is 6.42 Å². The number of H-pyrrole nitrogens is 2. The zero-order valence-electron chi connectivity index (χ0n) is 20.3. The lowest BCUT2D eigenvalue weighted by Gasteiger charge is -2.19. The van der Waals surface area contributed by atoms with Gasteiger partial charge in [0.05, 0.1) is 0 Å². The predicted molar refractivity (Wildman–Crippen MR) is 139 cm³/mol. The monoisotopic (exact) mass is 509 g/mol. The molecule has 11 heteroatoms. The van der Waals surface area contributed by atoms with Crippen LogP contribution in [-0.2, 0) is 32.0 Å². The van der Waals surface area contributed by atoms with Crippen LogP contribution in [0.1, 0.15) is 18.1 Å². The molecule has 4 atom stereocenters. The van der Waals surface area contributed by atoms with Crippen LogP contribution >= 0.6 is 0 Å². The van der Waals surface area contributed by atoms with Gasteiger partial charge in [-0.25, -0.2) is 0 Å². The molecule has 0 aliphatic heterocycles. The van der Waals surface area contributed by atoms with E-state index in [1.165, 1.54) is 6.92 Å². The molecular formula is C26H31N5O6. The maximum Gasteiger partial charge on any atom is 0.324 e. The Labute approximate surface area is 212 Å². The summed E-state index contributed by atoms with van der Waals surface area (Å²) in [6.07, 6.45) is 3.30. The number of esters is 1. The van der Waals surface area contributed by atoms with Crippen molar-refractivity contribution >= 4 is 39.7 Å². The topological polar surface area (TPSA) is 211 Å². The number of carboxylic acids is 2. The van der Waals surface area contributed by atoms with Crippen LogP contribution in [0.4, 0.5) is 0 Å². The number of carbonyl (C=O) groups excluding carboxylic acids is 1. The smallest absolute Gasteiger partial charge is 0.324 e. The first kappa shape index (κ1) is 27.4. The van der Waals surface area contributed by atoms with E-state index in [9.17, 15) is 14.4 Å². The Morgan fingerprint density at radius 3 is 1.70 bits per heavy atom. The fraction of sp³-hybridized carbons (Fsp3) is 0.269. The first-order valence-electron chi connectivity index (χ1n) is 11.6. The summed E-state index contributed by atoms with van der Waals surface area (Å²) in [5.74, 6) is -2.87. The molecule has 2 heterocycles. The molecule has 0 amide bonds. The van der Waals surface area contributed by atoms with Crippen molar-refractivity contribution in [2.75, 3.05) is 0 Å². The number of hydrogen-bond acceptors (Lipinski definition) is 7. The summed E-state index contributed by atoms with van der Waals surface area (Å²) in [5.41, 5.74) is 20.5. The average molecular weight is 510 g/mol. The summed E-state index contributed by atoms with van der Waals surface area (Å²) in [6.45, 7) is 1.43. The summed E-state index contributed by atoms with van der Waals surface area (Å²) in [6, 6.07) is 12.4. The van der Waals surface area contributed by atoms with Gasteiger partial charge in [-0.2, -0.15) is 0 Å². The number of aliphatic carboxylic acids is 2. The lowest BCUT2D eigenvalue weighted by Crippen LogP contribution is -2.45. The van der Waals surface area contributed by atoms with Crippen molar-refractivity contribution in [3.8, 4) is 0 Å². The fourth-order valence-corrected chi connectivity index (χ4v) is 3.79. The Hall–Kier alpha value is -4.19. The van der Waals surface area contributed by atoms with Crippen molar-refractivity contribution in [3.05, 3.63) is 72.1 Å². The predicted octanol–water partition coefficient (Wildman–Crippen LogP) is 1.50. The number of carbonyl (C=O) groups is 3. The summed E-state index contributed by atoms with van der Waals surface area (Å²) in [5, 5.41) is 19.5. The molecular weight excluding hydrogens is 478 g/mol. The molecule has 0 spiro atoms. The van der Waals surface area contributed by atoms with Gasteiger partial charge in [0.1, 0.15) is 24.2 Å². The van der Waals surface area contributed by atoms with Gasteiger partial charge < -0.3 is 42.1 Å². The molecule has 0 fully saturated rings. The van der Waals surface area contributed by atoms with Gasteiger partial charge in [0, 0.05) is 47.0 Å². The largest absolute Gasteiger partial charge is 0.480 e. The Morgan fingerprint density at radius 2 is 1.24 bits per heavy atom. The van der Waals surface area contributed by atoms with E-state index in [4.69, 9.17) is 32.2 Å². The van der Waals surface area contributed by atoms with Gasteiger partial charge in [-0.05, 0) is 30.2 Å². The molecule has 10 N–H and O–H groups in total. The number of fused-ring (bicyclic) bond motifs is 2. The van der Waals surface area contributed by atoms with E-state index in [0.29, 0.717) is 6.42 Å². The minimum Gasteiger partial charge on any atom is -0.480 e. The van der Waals surface area contributed by atoms with Crippen LogP contribution in [0.15, 0.2) is 60.9 Å². The molecule has 2 aromatic carbocycles. The number of ether oxygens (including phenoxy) is 1. The number of hydrogen-bond donors (Lipinski definition) is 7. The van der Waals surface area contributed by atoms with Gasteiger partial charge >= 0.3 is 17.9 Å². The quantitative estimate of drug-likeness (QED) is 0.163. The molecule has 0 saturated carbocycles. The number of rotatable bonds is 9. The Kier molecular flexibility index (Phi) is 9.01. The number of carboxylic acid groups (broad SMARTS) is 2. The molecule has 0 radical (unpaired) electrons. The molecule has 0 aliphatic rings. The van der Waals surface area contributed by atoms with E-state index in [2.05, 4.69) is 9.97 Å². The van der Waals surface area contributed by atoms with Crippen molar-refractivity contribution in [1.82, 2.24) is 9.97 Å². The normalized spacial score (nSPS) is 14.3. The number of aromatic nitrogens is 2. The fourth-order valence-electron chi connectivity index (χ4n) is 3.79. The number of para-hydroxylation sites is 2. The van der Waals surface area contributed by atoms with Gasteiger partial charge in [-0.3, -0.25) is 14.4 Å². The molecule has 4 aromatic rings. The van der Waals surface area contributed by atoms with Crippen LogP contribution in [0.25, 0.3) is 21.8 Å². The van der Waals surface area contributed by atoms with Crippen molar-refractivity contribution in [2.45, 2.75) is 44.0 Å². The SMILES string of the molecule is C[C@@H](OC(=O)[C@H](N)Cc1c[nH]c2ccccc12)[C@H](N)C(=O)O.NC(Cc1c[nH]c2ccccc12)C(=O)O. The highest BCUT2D eigenvalue weighted by molar-refractivity contribution is 5.85. The van der Waals surface area contributed by atoms with Crippen molar-refractivity contribution in [2.24, 2.45) is 17.2 Å². The first-order chi connectivity index (χ1) is 17.6. The molecule has 0 aliphatic carbocycles. The number of nitrogens with two attached hydrogens (primary N) is 3.